The predicted molar refractivity (Wildman–Crippen MR) is 46.8 cm³/mol. The molecule has 0 unspecified atom stereocenters. The van der Waals surface area contributed by atoms with Crippen LogP contribution in [0.2, 0.25) is 0 Å². The van der Waals surface area contributed by atoms with E-state index < -0.39 is 12.6 Å². The summed E-state index contributed by atoms with van der Waals surface area (Å²) in [5.41, 5.74) is 1.01. The van der Waals surface area contributed by atoms with Crippen molar-refractivity contribution in [3.8, 4) is 0 Å². The summed E-state index contributed by atoms with van der Waals surface area (Å²) in [7, 11) is 0. The molecule has 0 spiro atoms. The molecule has 0 radical (unpaired) electrons. The largest absolute Gasteiger partial charge is 0.389 e. The SMILES string of the molecule is O=C1CC=C(CCCC(F)(F)F)CC1. The molecule has 0 fully saturated rings. The third kappa shape index (κ3) is 4.44. The minimum absolute atomic E-state index is 0.142. The predicted octanol–water partition coefficient (Wildman–Crippen LogP) is 3.40. The number of alkyl halides is 3. The molecule has 1 nitrogen and oxygen atoms in total. The van der Waals surface area contributed by atoms with E-state index in [0.29, 0.717) is 25.7 Å². The molecule has 0 amide bonds. The van der Waals surface area contributed by atoms with Gasteiger partial charge in [0.25, 0.3) is 0 Å². The van der Waals surface area contributed by atoms with Crippen molar-refractivity contribution in [2.24, 2.45) is 0 Å². The average Bonchev–Trinajstić information content (AvgIpc) is 2.06. The lowest BCUT2D eigenvalue weighted by Gasteiger charge is -2.12. The average molecular weight is 206 g/mol. The van der Waals surface area contributed by atoms with Gasteiger partial charge in [0.05, 0.1) is 0 Å². The van der Waals surface area contributed by atoms with Gasteiger partial charge in [0.15, 0.2) is 0 Å². The Morgan fingerprint density at radius 1 is 1.29 bits per heavy atom. The number of ketones is 1. The zero-order valence-electron chi connectivity index (χ0n) is 7.86. The number of carbonyl (C=O) groups excluding carboxylic acids is 1. The quantitative estimate of drug-likeness (QED) is 0.647. The van der Waals surface area contributed by atoms with Crippen LogP contribution < -0.4 is 0 Å². The molecule has 0 aromatic carbocycles. The highest BCUT2D eigenvalue weighted by atomic mass is 19.4. The van der Waals surface area contributed by atoms with Gasteiger partial charge in [-0.2, -0.15) is 13.2 Å². The summed E-state index contributed by atoms with van der Waals surface area (Å²) in [6.45, 7) is 0. The van der Waals surface area contributed by atoms with Gasteiger partial charge in [-0.3, -0.25) is 4.79 Å². The first-order valence-corrected chi connectivity index (χ1v) is 4.74. The fourth-order valence-corrected chi connectivity index (χ4v) is 1.51. The molecule has 80 valence electrons. The van der Waals surface area contributed by atoms with E-state index >= 15 is 0 Å². The van der Waals surface area contributed by atoms with Crippen LogP contribution >= 0.6 is 0 Å². The molecule has 0 aliphatic heterocycles. The van der Waals surface area contributed by atoms with Crippen LogP contribution in [0.3, 0.4) is 0 Å². The van der Waals surface area contributed by atoms with Crippen LogP contribution in [0.15, 0.2) is 11.6 Å². The summed E-state index contributed by atoms with van der Waals surface area (Å²) >= 11 is 0. The van der Waals surface area contributed by atoms with E-state index in [1.54, 1.807) is 6.08 Å². The minimum atomic E-state index is -4.05. The van der Waals surface area contributed by atoms with Crippen molar-refractivity contribution >= 4 is 5.78 Å². The minimum Gasteiger partial charge on any atom is -0.299 e. The zero-order valence-corrected chi connectivity index (χ0v) is 7.86. The summed E-state index contributed by atoms with van der Waals surface area (Å²) in [5.74, 6) is 0.185. The number of Topliss-reactive ketones (excluding diaryl/α,β-unsaturated/α-hetero) is 1. The van der Waals surface area contributed by atoms with Gasteiger partial charge in [0, 0.05) is 19.3 Å². The Hall–Kier alpha value is -0.800. The molecule has 0 heterocycles. The maximum absolute atomic E-state index is 11.8. The summed E-state index contributed by atoms with van der Waals surface area (Å²) in [6.07, 6.45) is -0.822. The van der Waals surface area contributed by atoms with Crippen LogP contribution in [0.1, 0.15) is 38.5 Å². The van der Waals surface area contributed by atoms with Crippen LogP contribution in [0.5, 0.6) is 0 Å². The normalized spacial score (nSPS) is 18.2. The summed E-state index contributed by atoms with van der Waals surface area (Å²) in [5, 5.41) is 0. The summed E-state index contributed by atoms with van der Waals surface area (Å²) in [6, 6.07) is 0. The van der Waals surface area contributed by atoms with E-state index in [4.69, 9.17) is 0 Å². The van der Waals surface area contributed by atoms with Gasteiger partial charge < -0.3 is 0 Å². The first kappa shape index (κ1) is 11.3. The molecule has 0 saturated heterocycles. The number of rotatable bonds is 3. The van der Waals surface area contributed by atoms with E-state index in [0.717, 1.165) is 5.57 Å². The van der Waals surface area contributed by atoms with Crippen LogP contribution in [-0.4, -0.2) is 12.0 Å². The molecule has 0 saturated carbocycles. The summed E-state index contributed by atoms with van der Waals surface area (Å²) < 4.78 is 35.4. The van der Waals surface area contributed by atoms with Crippen molar-refractivity contribution in [3.63, 3.8) is 0 Å². The van der Waals surface area contributed by atoms with Crippen LogP contribution in [0.25, 0.3) is 0 Å². The number of allylic oxidation sites excluding steroid dienone is 2. The lowest BCUT2D eigenvalue weighted by molar-refractivity contribution is -0.135. The highest BCUT2D eigenvalue weighted by Crippen LogP contribution is 2.26. The van der Waals surface area contributed by atoms with Crippen molar-refractivity contribution in [2.75, 3.05) is 0 Å². The Labute approximate surface area is 81.0 Å². The highest BCUT2D eigenvalue weighted by Gasteiger charge is 2.26. The van der Waals surface area contributed by atoms with E-state index in [1.165, 1.54) is 0 Å². The first-order valence-electron chi connectivity index (χ1n) is 4.74. The third-order valence-corrected chi connectivity index (χ3v) is 2.30. The van der Waals surface area contributed by atoms with Gasteiger partial charge >= 0.3 is 6.18 Å². The molecule has 0 aromatic heterocycles. The van der Waals surface area contributed by atoms with Crippen molar-refractivity contribution < 1.29 is 18.0 Å². The van der Waals surface area contributed by atoms with Crippen molar-refractivity contribution in [1.29, 1.82) is 0 Å². The van der Waals surface area contributed by atoms with Gasteiger partial charge in [-0.1, -0.05) is 11.6 Å². The molecule has 1 aliphatic carbocycles. The molecule has 0 bridgehead atoms. The van der Waals surface area contributed by atoms with Crippen molar-refractivity contribution in [2.45, 2.75) is 44.7 Å². The number of carbonyl (C=O) groups is 1. The third-order valence-electron chi connectivity index (χ3n) is 2.30. The number of hydrogen-bond donors (Lipinski definition) is 0. The first-order chi connectivity index (χ1) is 6.47. The van der Waals surface area contributed by atoms with Crippen LogP contribution in [0, 0.1) is 0 Å². The Morgan fingerprint density at radius 3 is 2.50 bits per heavy atom. The van der Waals surface area contributed by atoms with Gasteiger partial charge in [-0.05, 0) is 19.3 Å². The lowest BCUT2D eigenvalue weighted by Crippen LogP contribution is -2.08. The molecular formula is C10H13F3O. The zero-order chi connectivity index (χ0) is 10.6. The second-order valence-corrected chi connectivity index (χ2v) is 3.57. The van der Waals surface area contributed by atoms with Gasteiger partial charge in [0.1, 0.15) is 5.78 Å². The Bertz CT molecular complexity index is 240. The van der Waals surface area contributed by atoms with Gasteiger partial charge in [-0.15, -0.1) is 0 Å². The number of halogens is 3. The smallest absolute Gasteiger partial charge is 0.299 e. The lowest BCUT2D eigenvalue weighted by atomic mass is 9.95. The maximum atomic E-state index is 11.8. The molecule has 1 rings (SSSR count). The fraction of sp³-hybridized carbons (Fsp3) is 0.700. The Kier molecular flexibility index (Phi) is 3.72. The highest BCUT2D eigenvalue weighted by molar-refractivity contribution is 5.81. The van der Waals surface area contributed by atoms with E-state index in [-0.39, 0.29) is 12.2 Å². The second kappa shape index (κ2) is 4.62. The molecule has 1 aliphatic rings. The molecule has 0 N–H and O–H groups in total. The Morgan fingerprint density at radius 2 is 2.00 bits per heavy atom. The van der Waals surface area contributed by atoms with Gasteiger partial charge in [0.2, 0.25) is 0 Å². The van der Waals surface area contributed by atoms with Crippen LogP contribution in [0.4, 0.5) is 13.2 Å². The summed E-state index contributed by atoms with van der Waals surface area (Å²) in [4.78, 5) is 10.8. The standard InChI is InChI=1S/C10H13F3O/c11-10(12,13)7-1-2-8-3-5-9(14)6-4-8/h3H,1-2,4-7H2. The van der Waals surface area contributed by atoms with E-state index in [9.17, 15) is 18.0 Å². The second-order valence-electron chi connectivity index (χ2n) is 3.57. The van der Waals surface area contributed by atoms with Crippen molar-refractivity contribution in [1.82, 2.24) is 0 Å². The Balaban J connectivity index is 2.22. The van der Waals surface area contributed by atoms with Crippen molar-refractivity contribution in [3.05, 3.63) is 11.6 Å². The molecule has 4 heteroatoms. The molecular weight excluding hydrogens is 193 g/mol. The number of hydrogen-bond acceptors (Lipinski definition) is 1. The molecule has 14 heavy (non-hydrogen) atoms. The topological polar surface area (TPSA) is 17.1 Å². The fourth-order valence-electron chi connectivity index (χ4n) is 1.51. The molecule has 0 aromatic rings. The molecule has 0 atom stereocenters. The maximum Gasteiger partial charge on any atom is 0.389 e. The monoisotopic (exact) mass is 206 g/mol. The van der Waals surface area contributed by atoms with E-state index in [2.05, 4.69) is 0 Å². The van der Waals surface area contributed by atoms with Crippen LogP contribution in [-0.2, 0) is 4.79 Å². The van der Waals surface area contributed by atoms with E-state index in [1.807, 2.05) is 0 Å². The van der Waals surface area contributed by atoms with Gasteiger partial charge in [-0.25, -0.2) is 0 Å².